The SMILES string of the molecule is CCNC(=NCC(C)C)N1CCSC(C)(C)C1.I. The molecular weight excluding hydrogens is 357 g/mol. The van der Waals surface area contributed by atoms with Gasteiger partial charge in [0.2, 0.25) is 0 Å². The van der Waals surface area contributed by atoms with Gasteiger partial charge in [-0.15, -0.1) is 24.0 Å². The smallest absolute Gasteiger partial charge is 0.193 e. The summed E-state index contributed by atoms with van der Waals surface area (Å²) in [7, 11) is 0. The Balaban J connectivity index is 0.00000289. The number of hydrogen-bond donors (Lipinski definition) is 1. The molecule has 0 atom stereocenters. The number of guanidine groups is 1. The van der Waals surface area contributed by atoms with Crippen molar-refractivity contribution in [2.24, 2.45) is 10.9 Å². The van der Waals surface area contributed by atoms with Crippen molar-refractivity contribution in [1.82, 2.24) is 10.2 Å². The maximum Gasteiger partial charge on any atom is 0.193 e. The molecule has 0 aliphatic carbocycles. The van der Waals surface area contributed by atoms with E-state index in [1.807, 2.05) is 0 Å². The molecule has 1 N–H and O–H groups in total. The maximum atomic E-state index is 4.72. The Bertz CT molecular complexity index is 267. The van der Waals surface area contributed by atoms with Crippen LogP contribution in [0, 0.1) is 5.92 Å². The molecule has 0 amide bonds. The molecule has 0 saturated carbocycles. The van der Waals surface area contributed by atoms with Crippen LogP contribution in [0.25, 0.3) is 0 Å². The minimum absolute atomic E-state index is 0. The highest BCUT2D eigenvalue weighted by Gasteiger charge is 2.28. The van der Waals surface area contributed by atoms with Crippen LogP contribution in [0.15, 0.2) is 4.99 Å². The van der Waals surface area contributed by atoms with Crippen molar-refractivity contribution in [2.45, 2.75) is 39.4 Å². The highest BCUT2D eigenvalue weighted by atomic mass is 127. The second kappa shape index (κ2) is 8.51. The predicted octanol–water partition coefficient (Wildman–Crippen LogP) is 3.05. The highest BCUT2D eigenvalue weighted by molar-refractivity contribution is 14.0. The van der Waals surface area contributed by atoms with E-state index in [2.05, 4.69) is 56.6 Å². The van der Waals surface area contributed by atoms with Gasteiger partial charge in [-0.05, 0) is 26.7 Å². The second-order valence-corrected chi connectivity index (χ2v) is 7.42. The fourth-order valence-electron chi connectivity index (χ4n) is 1.89. The summed E-state index contributed by atoms with van der Waals surface area (Å²) >= 11 is 2.06. The summed E-state index contributed by atoms with van der Waals surface area (Å²) in [6, 6.07) is 0. The van der Waals surface area contributed by atoms with Crippen molar-refractivity contribution in [3.05, 3.63) is 0 Å². The van der Waals surface area contributed by atoms with E-state index in [-0.39, 0.29) is 24.0 Å². The lowest BCUT2D eigenvalue weighted by atomic mass is 10.2. The molecule has 0 aromatic heterocycles. The lowest BCUT2D eigenvalue weighted by Crippen LogP contribution is -2.51. The molecule has 0 aromatic carbocycles. The van der Waals surface area contributed by atoms with Crippen molar-refractivity contribution in [2.75, 3.05) is 31.9 Å². The molecule has 0 spiro atoms. The van der Waals surface area contributed by atoms with Crippen molar-refractivity contribution in [3.63, 3.8) is 0 Å². The standard InChI is InChI=1S/C13H27N3S.HI/c1-6-14-12(15-9-11(2)3)16-7-8-17-13(4,5)10-16;/h11H,6-10H2,1-5H3,(H,14,15);1H. The van der Waals surface area contributed by atoms with Gasteiger partial charge in [-0.25, -0.2) is 0 Å². The van der Waals surface area contributed by atoms with Gasteiger partial charge in [-0.1, -0.05) is 13.8 Å². The van der Waals surface area contributed by atoms with E-state index in [0.717, 1.165) is 32.1 Å². The van der Waals surface area contributed by atoms with Crippen LogP contribution in [-0.2, 0) is 0 Å². The molecule has 1 saturated heterocycles. The third-order valence-electron chi connectivity index (χ3n) is 2.67. The molecule has 0 aromatic rings. The first-order valence-corrected chi connectivity index (χ1v) is 7.60. The first-order chi connectivity index (χ1) is 7.94. The van der Waals surface area contributed by atoms with Crippen molar-refractivity contribution >= 4 is 41.7 Å². The monoisotopic (exact) mass is 385 g/mol. The zero-order valence-electron chi connectivity index (χ0n) is 12.3. The summed E-state index contributed by atoms with van der Waals surface area (Å²) in [5.74, 6) is 2.91. The van der Waals surface area contributed by atoms with E-state index in [9.17, 15) is 0 Å². The van der Waals surface area contributed by atoms with E-state index in [4.69, 9.17) is 4.99 Å². The molecule has 108 valence electrons. The van der Waals surface area contributed by atoms with Crippen LogP contribution in [0.3, 0.4) is 0 Å². The predicted molar refractivity (Wildman–Crippen MR) is 94.3 cm³/mol. The zero-order valence-corrected chi connectivity index (χ0v) is 15.5. The summed E-state index contributed by atoms with van der Waals surface area (Å²) in [5, 5.41) is 3.41. The van der Waals surface area contributed by atoms with E-state index >= 15 is 0 Å². The van der Waals surface area contributed by atoms with Gasteiger partial charge in [-0.3, -0.25) is 4.99 Å². The van der Waals surface area contributed by atoms with E-state index < -0.39 is 0 Å². The van der Waals surface area contributed by atoms with Crippen LogP contribution in [0.4, 0.5) is 0 Å². The van der Waals surface area contributed by atoms with Crippen molar-refractivity contribution in [3.8, 4) is 0 Å². The van der Waals surface area contributed by atoms with Gasteiger partial charge < -0.3 is 10.2 Å². The number of halogens is 1. The molecule has 5 heteroatoms. The lowest BCUT2D eigenvalue weighted by molar-refractivity contribution is 0.375. The van der Waals surface area contributed by atoms with Gasteiger partial charge in [0.25, 0.3) is 0 Å². The topological polar surface area (TPSA) is 27.6 Å². The van der Waals surface area contributed by atoms with Crippen LogP contribution < -0.4 is 5.32 Å². The number of aliphatic imine (C=N–C) groups is 1. The molecule has 1 aliphatic heterocycles. The Morgan fingerprint density at radius 3 is 2.61 bits per heavy atom. The fraction of sp³-hybridized carbons (Fsp3) is 0.923. The number of thioether (sulfide) groups is 1. The quantitative estimate of drug-likeness (QED) is 0.460. The van der Waals surface area contributed by atoms with E-state index in [1.54, 1.807) is 0 Å². The summed E-state index contributed by atoms with van der Waals surface area (Å²) in [4.78, 5) is 7.13. The maximum absolute atomic E-state index is 4.72. The Hall–Kier alpha value is 0.350. The lowest BCUT2D eigenvalue weighted by Gasteiger charge is -2.39. The average Bonchev–Trinajstić information content (AvgIpc) is 2.22. The molecule has 1 fully saturated rings. The Labute approximate surface area is 134 Å². The first-order valence-electron chi connectivity index (χ1n) is 6.62. The van der Waals surface area contributed by atoms with Crippen LogP contribution in [0.5, 0.6) is 0 Å². The van der Waals surface area contributed by atoms with Crippen LogP contribution in [0.2, 0.25) is 0 Å². The van der Waals surface area contributed by atoms with Crippen LogP contribution in [-0.4, -0.2) is 47.5 Å². The second-order valence-electron chi connectivity index (χ2n) is 5.62. The Morgan fingerprint density at radius 1 is 1.44 bits per heavy atom. The Morgan fingerprint density at radius 2 is 2.11 bits per heavy atom. The molecule has 0 bridgehead atoms. The summed E-state index contributed by atoms with van der Waals surface area (Å²) in [5.41, 5.74) is 0. The van der Waals surface area contributed by atoms with Crippen molar-refractivity contribution in [1.29, 1.82) is 0 Å². The van der Waals surface area contributed by atoms with Gasteiger partial charge in [0, 0.05) is 36.7 Å². The van der Waals surface area contributed by atoms with Crippen LogP contribution >= 0.6 is 35.7 Å². The largest absolute Gasteiger partial charge is 0.357 e. The average molecular weight is 385 g/mol. The first kappa shape index (κ1) is 18.4. The summed E-state index contributed by atoms with van der Waals surface area (Å²) in [6.45, 7) is 15.2. The van der Waals surface area contributed by atoms with E-state index in [1.165, 1.54) is 5.75 Å². The molecule has 18 heavy (non-hydrogen) atoms. The third kappa shape index (κ3) is 6.50. The molecule has 1 aliphatic rings. The van der Waals surface area contributed by atoms with Crippen molar-refractivity contribution < 1.29 is 0 Å². The number of nitrogens with zero attached hydrogens (tertiary/aromatic N) is 2. The Kier molecular flexibility index (Phi) is 8.67. The van der Waals surface area contributed by atoms with Gasteiger partial charge in [0.1, 0.15) is 0 Å². The molecule has 0 unspecified atom stereocenters. The van der Waals surface area contributed by atoms with Crippen LogP contribution in [0.1, 0.15) is 34.6 Å². The summed E-state index contributed by atoms with van der Waals surface area (Å²) in [6.07, 6.45) is 0. The highest BCUT2D eigenvalue weighted by Crippen LogP contribution is 2.29. The zero-order chi connectivity index (χ0) is 12.9. The van der Waals surface area contributed by atoms with Gasteiger partial charge >= 0.3 is 0 Å². The molecule has 3 nitrogen and oxygen atoms in total. The minimum Gasteiger partial charge on any atom is -0.357 e. The van der Waals surface area contributed by atoms with E-state index in [0.29, 0.717) is 10.7 Å². The minimum atomic E-state index is 0. The number of hydrogen-bond acceptors (Lipinski definition) is 2. The van der Waals surface area contributed by atoms with Gasteiger partial charge in [0.15, 0.2) is 5.96 Å². The molecule has 1 heterocycles. The fourth-order valence-corrected chi connectivity index (χ4v) is 3.00. The molecule has 1 rings (SSSR count). The van der Waals surface area contributed by atoms with Gasteiger partial charge in [-0.2, -0.15) is 11.8 Å². The molecular formula is C13H28IN3S. The number of rotatable bonds is 3. The summed E-state index contributed by atoms with van der Waals surface area (Å²) < 4.78 is 0.340. The normalized spacial score (nSPS) is 19.7. The third-order valence-corrected chi connectivity index (χ3v) is 3.96. The van der Waals surface area contributed by atoms with Gasteiger partial charge in [0.05, 0.1) is 0 Å². The molecule has 0 radical (unpaired) electrons. The number of nitrogens with one attached hydrogen (secondary N) is 1.